The van der Waals surface area contributed by atoms with Gasteiger partial charge in [0.05, 0.1) is 77.8 Å². The summed E-state index contributed by atoms with van der Waals surface area (Å²) in [6, 6.07) is -2.02. The molecule has 0 aromatic carbocycles. The molecule has 26 nitrogen and oxygen atoms in total. The number of hydrogen-bond donors (Lipinski definition) is 6. The summed E-state index contributed by atoms with van der Waals surface area (Å²) in [5.74, 6) is -3.94. The third-order valence-corrected chi connectivity index (χ3v) is 24.2. The smallest absolute Gasteiger partial charge is 1.00 e. The average Bonchev–Trinajstić information content (AvgIpc) is 0.907. The number of esters is 4. The van der Waals surface area contributed by atoms with Crippen molar-refractivity contribution in [1.82, 2.24) is 21.3 Å². The summed E-state index contributed by atoms with van der Waals surface area (Å²) in [6.45, 7) is 14.3. The van der Waals surface area contributed by atoms with E-state index >= 15 is 0 Å². The Morgan fingerprint density at radius 2 is 0.519 bits per heavy atom. The SMILES string of the molecule is CCCCCC/C=C\CCCC(=O)O[C@H](CCCCCCC)CCOCC(COP(=O)(O)OCCNC(=O)CC(=O)NCCOP(=O)(O)OCC(COCC[C@@H](CCCCCCC)OC(=O)CCC/C=C\CCCCCC)NC(=O)C[C@@H](CCCCCCC)OC(=O)CCC/C=C\CCCCCC)NC(=O)C[C@@H](CCCCCCC)OC(=O)CCC/C=C\CCCCCC.[H-].[H-].[Na+].[Na+]. The van der Waals surface area contributed by atoms with Crippen molar-refractivity contribution < 1.29 is 166 Å². The van der Waals surface area contributed by atoms with E-state index in [1.54, 1.807) is 0 Å². The number of carbonyl (C=O) groups is 8. The van der Waals surface area contributed by atoms with Gasteiger partial charge in [0.15, 0.2) is 0 Å². The molecule has 4 amide bonds. The van der Waals surface area contributed by atoms with Crippen molar-refractivity contribution >= 4 is 63.2 Å². The Kier molecular flexibility index (Phi) is 97.8. The molecule has 0 spiro atoms. The van der Waals surface area contributed by atoms with Crippen LogP contribution >= 0.6 is 15.6 Å². The van der Waals surface area contributed by atoms with Gasteiger partial charge in [-0.2, -0.15) is 0 Å². The third kappa shape index (κ3) is 91.7. The molecule has 0 radical (unpaired) electrons. The van der Waals surface area contributed by atoms with E-state index < -0.39 is 121 Å². The van der Waals surface area contributed by atoms with Gasteiger partial charge in [-0.15, -0.1) is 0 Å². The van der Waals surface area contributed by atoms with Crippen molar-refractivity contribution in [2.45, 2.75) is 484 Å². The van der Waals surface area contributed by atoms with Crippen LogP contribution < -0.4 is 80.4 Å². The molecule has 4 unspecified atom stereocenters. The van der Waals surface area contributed by atoms with Crippen LogP contribution in [0.4, 0.5) is 0 Å². The van der Waals surface area contributed by atoms with Gasteiger partial charge in [-0.1, -0.05) is 284 Å². The van der Waals surface area contributed by atoms with E-state index in [-0.39, 0.29) is 152 Å². The zero-order chi connectivity index (χ0) is 94.8. The minimum atomic E-state index is -4.89. The van der Waals surface area contributed by atoms with Crippen LogP contribution in [-0.2, 0) is 94.0 Å². The van der Waals surface area contributed by atoms with Crippen LogP contribution in [0.3, 0.4) is 0 Å². The number of amides is 4. The first-order chi connectivity index (χ1) is 62.6. The Labute approximate surface area is 842 Å². The van der Waals surface area contributed by atoms with Gasteiger partial charge in [0.25, 0.3) is 0 Å². The molecule has 0 saturated heterocycles. The Morgan fingerprint density at radius 1 is 0.282 bits per heavy atom. The van der Waals surface area contributed by atoms with Crippen LogP contribution in [0.2, 0.25) is 0 Å². The average molecular weight is 1920 g/mol. The Balaban J connectivity index is -0.0000137. The Bertz CT molecular complexity index is 2800. The van der Waals surface area contributed by atoms with Gasteiger partial charge in [-0.25, -0.2) is 9.13 Å². The van der Waals surface area contributed by atoms with Gasteiger partial charge >= 0.3 is 98.6 Å². The summed E-state index contributed by atoms with van der Waals surface area (Å²) in [4.78, 5) is 129. The first-order valence-electron chi connectivity index (χ1n) is 51.5. The third-order valence-electron chi connectivity index (χ3n) is 22.2. The zero-order valence-corrected chi connectivity index (χ0v) is 90.0. The molecule has 0 bridgehead atoms. The summed E-state index contributed by atoms with van der Waals surface area (Å²) >= 11 is 0. The second kappa shape index (κ2) is 97.1. The minimum absolute atomic E-state index is 0. The van der Waals surface area contributed by atoms with E-state index in [4.69, 9.17) is 46.5 Å². The maximum atomic E-state index is 14.0. The van der Waals surface area contributed by atoms with E-state index in [0.29, 0.717) is 64.2 Å². The molecule has 0 saturated carbocycles. The van der Waals surface area contributed by atoms with Gasteiger partial charge in [0.2, 0.25) is 23.6 Å². The van der Waals surface area contributed by atoms with Crippen molar-refractivity contribution in [3.8, 4) is 0 Å². The van der Waals surface area contributed by atoms with Crippen LogP contribution in [-0.4, -0.2) is 160 Å². The number of unbranched alkanes of at least 4 members (excludes halogenated alkanes) is 36. The van der Waals surface area contributed by atoms with Gasteiger partial charge in [0, 0.05) is 51.6 Å². The van der Waals surface area contributed by atoms with Crippen molar-refractivity contribution in [3.05, 3.63) is 48.6 Å². The van der Waals surface area contributed by atoms with E-state index in [1.165, 1.54) is 77.0 Å². The summed E-state index contributed by atoms with van der Waals surface area (Å²) in [6.07, 6.45) is 66.0. The second-order valence-corrected chi connectivity index (χ2v) is 37.8. The summed E-state index contributed by atoms with van der Waals surface area (Å²) in [5.41, 5.74) is 0. The zero-order valence-electron chi connectivity index (χ0n) is 86.2. The maximum absolute atomic E-state index is 14.0. The molecule has 8 atom stereocenters. The number of phosphoric acid groups is 2. The maximum Gasteiger partial charge on any atom is 1.00 e. The molecule has 0 rings (SSSR count). The fourth-order valence-corrected chi connectivity index (χ4v) is 16.0. The molecule has 0 aromatic heterocycles. The minimum Gasteiger partial charge on any atom is -1.00 e. The van der Waals surface area contributed by atoms with Crippen LogP contribution in [0.1, 0.15) is 450 Å². The molecule has 0 aliphatic heterocycles. The summed E-state index contributed by atoms with van der Waals surface area (Å²) in [5, 5.41) is 10.6. The fraction of sp³-hybridized carbons (Fsp3) is 0.842. The molecule has 756 valence electrons. The molecule has 0 aliphatic rings. The predicted octanol–water partition coefficient (Wildman–Crippen LogP) is 18.5. The van der Waals surface area contributed by atoms with Crippen molar-refractivity contribution in [1.29, 1.82) is 0 Å². The number of phosphoric ester groups is 2. The molecule has 0 heterocycles. The largest absolute Gasteiger partial charge is 1.00 e. The molecule has 0 fully saturated rings. The number of allylic oxidation sites excluding steroid dienone is 8. The monoisotopic (exact) mass is 1920 g/mol. The van der Waals surface area contributed by atoms with Crippen LogP contribution in [0, 0.1) is 0 Å². The first kappa shape index (κ1) is 132. The normalized spacial score (nSPS) is 13.9. The fourth-order valence-electron chi connectivity index (χ4n) is 14.5. The second-order valence-electron chi connectivity index (χ2n) is 34.8. The molecule has 0 aliphatic carbocycles. The van der Waals surface area contributed by atoms with Crippen molar-refractivity contribution in [2.24, 2.45) is 0 Å². The van der Waals surface area contributed by atoms with Gasteiger partial charge in [-0.3, -0.25) is 56.5 Å². The number of rotatable bonds is 96. The topological polar surface area (TPSA) is 352 Å². The number of nitrogens with one attached hydrogen (secondary N) is 4. The Morgan fingerprint density at radius 3 is 0.786 bits per heavy atom. The van der Waals surface area contributed by atoms with Crippen LogP contribution in [0.5, 0.6) is 0 Å². The molecule has 6 N–H and O–H groups in total. The summed E-state index contributed by atoms with van der Waals surface area (Å²) in [7, 11) is -9.77. The standard InChI is InChI=1S/C101H186N4O22P2.2Na.2H/c1-9-17-25-33-37-41-45-53-61-69-98(110)124-90(65-57-49-29-21-13-5)73-77-118-84-88(104-96(108)81-92(67-59-51-31-23-15-7)126-100(112)71-63-55-47-43-39-35-27-19-11-3)86-122-128(114,115)120-79-75-102-94(106)83-95(107)103-76-80-121-129(116,117)123-87-89(85-119-78-74-91(66-58-50-30-22-14-6)125-99(111)70-62-54-46-42-38-34-26-18-10-2)105-97(109)82-93(68-60-52-32-24-16-8)127-101(113)72-64-56-48-44-40-36-28-20-12-4;;;;/h41-48,88-93H,9-40,49-87H2,1-8H3,(H,102,106)(H,103,107)(H,104,108)(H,105,109)(H,114,115)(H,116,117);;;;/q;2*+1;2*-1/b45-41-,46-42-,47-43-,48-44-;;;;/t88?,89?,90-,91-,92-,93-;;;;/m1..../s1. The van der Waals surface area contributed by atoms with Gasteiger partial charge in [-0.05, 0) is 154 Å². The van der Waals surface area contributed by atoms with E-state index in [9.17, 15) is 57.3 Å². The molecule has 0 aromatic rings. The molecule has 30 heteroatoms. The first-order valence-corrected chi connectivity index (χ1v) is 54.5. The summed E-state index contributed by atoms with van der Waals surface area (Å²) < 4.78 is 84.5. The molecular weight excluding hydrogens is 1730 g/mol. The van der Waals surface area contributed by atoms with Crippen LogP contribution in [0.25, 0.3) is 0 Å². The predicted molar refractivity (Wildman–Crippen MR) is 520 cm³/mol. The molecule has 131 heavy (non-hydrogen) atoms. The Hall–Kier alpha value is -3.14. The quantitative estimate of drug-likeness (QED) is 0.00626. The van der Waals surface area contributed by atoms with Crippen LogP contribution in [0.15, 0.2) is 48.6 Å². The van der Waals surface area contributed by atoms with Gasteiger partial charge < -0.3 is 62.3 Å². The van der Waals surface area contributed by atoms with E-state index in [0.717, 1.165) is 205 Å². The van der Waals surface area contributed by atoms with Crippen molar-refractivity contribution in [3.63, 3.8) is 0 Å². The number of carbonyl (C=O) groups excluding carboxylic acids is 8. The van der Waals surface area contributed by atoms with Crippen molar-refractivity contribution in [2.75, 3.05) is 65.9 Å². The number of ether oxygens (including phenoxy) is 6. The van der Waals surface area contributed by atoms with E-state index in [1.807, 2.05) is 0 Å². The van der Waals surface area contributed by atoms with Gasteiger partial charge in [0.1, 0.15) is 30.8 Å². The van der Waals surface area contributed by atoms with E-state index in [2.05, 4.69) is 125 Å². The number of hydrogen-bond acceptors (Lipinski definition) is 20. The molecular formula is C101H188N4Na2O22P2.